The van der Waals surface area contributed by atoms with Crippen LogP contribution < -0.4 is 4.74 Å². The third kappa shape index (κ3) is 3.72. The summed E-state index contributed by atoms with van der Waals surface area (Å²) in [5.74, 6) is -0.647. The van der Waals surface area contributed by atoms with Gasteiger partial charge in [0.25, 0.3) is 0 Å². The molecule has 1 N–H and O–H groups in total. The lowest BCUT2D eigenvalue weighted by Gasteiger charge is -2.10. The third-order valence-corrected chi connectivity index (χ3v) is 3.62. The fourth-order valence-electron chi connectivity index (χ4n) is 1.93. The van der Waals surface area contributed by atoms with E-state index in [9.17, 15) is 9.59 Å². The summed E-state index contributed by atoms with van der Waals surface area (Å²) in [6, 6.07) is 2.92. The van der Waals surface area contributed by atoms with Gasteiger partial charge in [-0.15, -0.1) is 0 Å². The van der Waals surface area contributed by atoms with Crippen molar-refractivity contribution >= 4 is 41.5 Å². The molecule has 2 rings (SSSR count). The Hall–Kier alpha value is -2.31. The summed E-state index contributed by atoms with van der Waals surface area (Å²) in [6.45, 7) is 1.68. The van der Waals surface area contributed by atoms with Crippen molar-refractivity contribution in [3.63, 3.8) is 0 Å². The molecule has 0 amide bonds. The van der Waals surface area contributed by atoms with Crippen LogP contribution in [-0.2, 0) is 11.8 Å². The largest absolute Gasteiger partial charge is 0.478 e. The van der Waals surface area contributed by atoms with Crippen LogP contribution >= 0.6 is 23.2 Å². The molecule has 0 fully saturated rings. The van der Waals surface area contributed by atoms with E-state index in [4.69, 9.17) is 33.0 Å². The second-order valence-corrected chi connectivity index (χ2v) is 5.44. The summed E-state index contributed by atoms with van der Waals surface area (Å²) in [6.07, 6.45) is 2.92. The maximum atomic E-state index is 11.2. The van der Waals surface area contributed by atoms with Gasteiger partial charge in [-0.1, -0.05) is 23.2 Å². The minimum atomic E-state index is -1.11. The SMILES string of the molecule is Cc1nn(C)c(Oc2cc(C=CC(=O)O)c(Cl)cc2Cl)c1C=O. The number of ether oxygens (including phenoxy) is 1. The molecule has 0 radical (unpaired) electrons. The number of aromatic nitrogens is 2. The summed E-state index contributed by atoms with van der Waals surface area (Å²) >= 11 is 12.1. The first kappa shape index (κ1) is 17.1. The van der Waals surface area contributed by atoms with Crippen molar-refractivity contribution in [3.05, 3.63) is 45.1 Å². The van der Waals surface area contributed by atoms with E-state index in [0.29, 0.717) is 23.1 Å². The van der Waals surface area contributed by atoms with Gasteiger partial charge in [-0.05, 0) is 30.7 Å². The lowest BCUT2D eigenvalue weighted by atomic mass is 10.2. The van der Waals surface area contributed by atoms with E-state index in [-0.39, 0.29) is 21.7 Å². The number of hydrogen-bond acceptors (Lipinski definition) is 4. The zero-order valence-electron chi connectivity index (χ0n) is 12.2. The summed E-state index contributed by atoms with van der Waals surface area (Å²) in [4.78, 5) is 21.8. The van der Waals surface area contributed by atoms with Crippen LogP contribution in [0.5, 0.6) is 11.6 Å². The van der Waals surface area contributed by atoms with Crippen LogP contribution in [0.2, 0.25) is 10.0 Å². The van der Waals surface area contributed by atoms with Gasteiger partial charge in [-0.25, -0.2) is 9.48 Å². The van der Waals surface area contributed by atoms with Gasteiger partial charge in [0.1, 0.15) is 5.75 Å². The van der Waals surface area contributed by atoms with Gasteiger partial charge in [-0.3, -0.25) is 4.79 Å². The van der Waals surface area contributed by atoms with E-state index in [2.05, 4.69) is 5.10 Å². The summed E-state index contributed by atoms with van der Waals surface area (Å²) in [7, 11) is 1.63. The Morgan fingerprint density at radius 1 is 1.35 bits per heavy atom. The first-order chi connectivity index (χ1) is 10.8. The molecule has 0 saturated carbocycles. The molecule has 0 saturated heterocycles. The molecule has 0 aliphatic carbocycles. The highest BCUT2D eigenvalue weighted by molar-refractivity contribution is 6.36. The van der Waals surface area contributed by atoms with E-state index >= 15 is 0 Å². The zero-order chi connectivity index (χ0) is 17.1. The molecule has 1 aromatic heterocycles. The van der Waals surface area contributed by atoms with E-state index in [1.54, 1.807) is 14.0 Å². The molecule has 120 valence electrons. The molecule has 23 heavy (non-hydrogen) atoms. The number of benzene rings is 1. The quantitative estimate of drug-likeness (QED) is 0.653. The highest BCUT2D eigenvalue weighted by Gasteiger charge is 2.17. The number of carboxylic acid groups (broad SMARTS) is 1. The molecule has 8 heteroatoms. The molecular weight excluding hydrogens is 343 g/mol. The summed E-state index contributed by atoms with van der Waals surface area (Å²) in [5.41, 5.74) is 1.25. The average molecular weight is 355 g/mol. The van der Waals surface area contributed by atoms with Crippen molar-refractivity contribution in [2.24, 2.45) is 7.05 Å². The van der Waals surface area contributed by atoms with Crippen LogP contribution in [-0.4, -0.2) is 27.1 Å². The summed E-state index contributed by atoms with van der Waals surface area (Å²) < 4.78 is 7.10. The molecule has 2 aromatic rings. The fraction of sp³-hybridized carbons (Fsp3) is 0.133. The third-order valence-electron chi connectivity index (χ3n) is 3.00. The van der Waals surface area contributed by atoms with Crippen molar-refractivity contribution in [2.45, 2.75) is 6.92 Å². The highest BCUT2D eigenvalue weighted by Crippen LogP contribution is 2.36. The van der Waals surface area contributed by atoms with E-state index in [1.807, 2.05) is 0 Å². The van der Waals surface area contributed by atoms with Gasteiger partial charge >= 0.3 is 5.97 Å². The molecule has 0 aliphatic heterocycles. The lowest BCUT2D eigenvalue weighted by Crippen LogP contribution is -1.97. The number of rotatable bonds is 5. The number of aryl methyl sites for hydroxylation is 2. The monoisotopic (exact) mass is 354 g/mol. The molecule has 1 aromatic carbocycles. The van der Waals surface area contributed by atoms with Crippen LogP contribution in [0, 0.1) is 6.92 Å². The molecule has 0 aliphatic rings. The Morgan fingerprint density at radius 2 is 2.04 bits per heavy atom. The number of aldehydes is 1. The molecule has 1 heterocycles. The Kier molecular flexibility index (Phi) is 5.08. The molecule has 0 bridgehead atoms. The number of carboxylic acids is 1. The predicted octanol–water partition coefficient (Wildman–Crippen LogP) is 3.74. The number of aliphatic carboxylic acids is 1. The molecule has 0 spiro atoms. The van der Waals surface area contributed by atoms with E-state index in [0.717, 1.165) is 6.08 Å². The Balaban J connectivity index is 2.46. The first-order valence-electron chi connectivity index (χ1n) is 6.40. The van der Waals surface area contributed by atoms with Crippen molar-refractivity contribution < 1.29 is 19.4 Å². The fourth-order valence-corrected chi connectivity index (χ4v) is 2.41. The maximum Gasteiger partial charge on any atom is 0.328 e. The second kappa shape index (κ2) is 6.85. The average Bonchev–Trinajstić information content (AvgIpc) is 2.73. The van der Waals surface area contributed by atoms with Gasteiger partial charge in [-0.2, -0.15) is 5.10 Å². The number of carbonyl (C=O) groups is 2. The normalized spacial score (nSPS) is 11.0. The second-order valence-electron chi connectivity index (χ2n) is 4.62. The van der Waals surface area contributed by atoms with Crippen LogP contribution in [0.25, 0.3) is 6.08 Å². The van der Waals surface area contributed by atoms with Crippen molar-refractivity contribution in [3.8, 4) is 11.6 Å². The summed E-state index contributed by atoms with van der Waals surface area (Å²) in [5, 5.41) is 13.3. The van der Waals surface area contributed by atoms with Gasteiger partial charge < -0.3 is 9.84 Å². The topological polar surface area (TPSA) is 81.4 Å². The van der Waals surface area contributed by atoms with Crippen molar-refractivity contribution in [1.29, 1.82) is 0 Å². The van der Waals surface area contributed by atoms with Gasteiger partial charge in [0.05, 0.1) is 16.3 Å². The van der Waals surface area contributed by atoms with Crippen molar-refractivity contribution in [2.75, 3.05) is 0 Å². The Labute approximate surface area is 141 Å². The number of nitrogens with zero attached hydrogens (tertiary/aromatic N) is 2. The van der Waals surface area contributed by atoms with Crippen LogP contribution in [0.3, 0.4) is 0 Å². The Morgan fingerprint density at radius 3 is 2.65 bits per heavy atom. The first-order valence-corrected chi connectivity index (χ1v) is 7.15. The highest BCUT2D eigenvalue weighted by atomic mass is 35.5. The van der Waals surface area contributed by atoms with Crippen molar-refractivity contribution in [1.82, 2.24) is 9.78 Å². The van der Waals surface area contributed by atoms with E-state index < -0.39 is 5.97 Å². The minimum Gasteiger partial charge on any atom is -0.478 e. The molecule has 0 unspecified atom stereocenters. The Bertz CT molecular complexity index is 812. The number of halogens is 2. The smallest absolute Gasteiger partial charge is 0.328 e. The van der Waals surface area contributed by atoms with Crippen LogP contribution in [0.4, 0.5) is 0 Å². The molecular formula is C15H12Cl2N2O4. The predicted molar refractivity (Wildman–Crippen MR) is 86.5 cm³/mol. The van der Waals surface area contributed by atoms with Crippen LogP contribution in [0.1, 0.15) is 21.6 Å². The molecule has 0 atom stereocenters. The lowest BCUT2D eigenvalue weighted by molar-refractivity contribution is -0.131. The van der Waals surface area contributed by atoms with Crippen LogP contribution in [0.15, 0.2) is 18.2 Å². The standard InChI is InChI=1S/C15H12Cl2N2O4/c1-8-10(7-20)15(19(2)18-8)23-13-5-9(3-4-14(21)22)11(16)6-12(13)17/h3-7H,1-2H3,(H,21,22). The zero-order valence-corrected chi connectivity index (χ0v) is 13.7. The maximum absolute atomic E-state index is 11.2. The molecule has 6 nitrogen and oxygen atoms in total. The van der Waals surface area contributed by atoms with Gasteiger partial charge in [0.15, 0.2) is 6.29 Å². The number of carbonyl (C=O) groups excluding carboxylic acids is 1. The number of hydrogen-bond donors (Lipinski definition) is 1. The minimum absolute atomic E-state index is 0.221. The van der Waals surface area contributed by atoms with E-state index in [1.165, 1.54) is 22.9 Å². The van der Waals surface area contributed by atoms with Gasteiger partial charge in [0, 0.05) is 18.1 Å². The van der Waals surface area contributed by atoms with Gasteiger partial charge in [0.2, 0.25) is 5.88 Å².